The fraction of sp³-hybridized carbons (Fsp3) is 0.333. The third-order valence-electron chi connectivity index (χ3n) is 2.54. The molecular weight excluding hydrogens is 284 g/mol. The number of ether oxygens (including phenoxy) is 2. The van der Waals surface area contributed by atoms with Crippen LogP contribution in [0.5, 0.6) is 11.5 Å². The van der Waals surface area contributed by atoms with Crippen LogP contribution in [0.4, 0.5) is 11.7 Å². The topological polar surface area (TPSA) is 95.4 Å². The van der Waals surface area contributed by atoms with Crippen molar-refractivity contribution in [3.63, 3.8) is 0 Å². The van der Waals surface area contributed by atoms with E-state index in [4.69, 9.17) is 31.2 Å². The van der Waals surface area contributed by atoms with Gasteiger partial charge < -0.3 is 24.9 Å². The number of hydrogen-bond donors (Lipinski definition) is 2. The summed E-state index contributed by atoms with van der Waals surface area (Å²) in [4.78, 5) is 0. The van der Waals surface area contributed by atoms with Gasteiger partial charge in [-0.3, -0.25) is 0 Å². The van der Waals surface area contributed by atoms with Crippen molar-refractivity contribution < 1.29 is 13.9 Å². The second-order valence-electron chi connectivity index (χ2n) is 3.85. The molecule has 0 spiro atoms. The molecule has 1 heterocycles. The Labute approximate surface area is 121 Å². The van der Waals surface area contributed by atoms with Gasteiger partial charge in [-0.05, 0) is 6.07 Å². The molecule has 0 fully saturated rings. The van der Waals surface area contributed by atoms with Crippen LogP contribution in [0.2, 0.25) is 5.02 Å². The van der Waals surface area contributed by atoms with E-state index in [0.717, 1.165) is 0 Å². The molecule has 0 saturated carbocycles. The van der Waals surface area contributed by atoms with Gasteiger partial charge in [0.05, 0.1) is 24.9 Å². The molecule has 1 aromatic heterocycles. The molecular formula is C12H15ClN4O3. The average molecular weight is 299 g/mol. The molecule has 8 heteroatoms. The Hall–Kier alpha value is -1.99. The van der Waals surface area contributed by atoms with E-state index in [-0.39, 0.29) is 6.01 Å². The van der Waals surface area contributed by atoms with Crippen molar-refractivity contribution >= 4 is 23.3 Å². The molecule has 0 aliphatic heterocycles. The van der Waals surface area contributed by atoms with Gasteiger partial charge in [0.25, 0.3) is 0 Å². The lowest BCUT2D eigenvalue weighted by Gasteiger charge is -2.11. The number of benzene rings is 1. The summed E-state index contributed by atoms with van der Waals surface area (Å²) in [6, 6.07) is 3.57. The van der Waals surface area contributed by atoms with Gasteiger partial charge in [0, 0.05) is 19.0 Å². The van der Waals surface area contributed by atoms with E-state index in [1.165, 1.54) is 7.11 Å². The van der Waals surface area contributed by atoms with Crippen LogP contribution >= 0.6 is 11.6 Å². The normalized spacial score (nSPS) is 10.4. The summed E-state index contributed by atoms with van der Waals surface area (Å²) in [5.74, 6) is 1.53. The highest BCUT2D eigenvalue weighted by Gasteiger charge is 2.13. The van der Waals surface area contributed by atoms with Crippen LogP contribution in [0.1, 0.15) is 5.89 Å². The maximum absolute atomic E-state index is 6.08. The Morgan fingerprint density at radius 3 is 2.65 bits per heavy atom. The van der Waals surface area contributed by atoms with Gasteiger partial charge in [-0.15, -0.1) is 5.10 Å². The second kappa shape index (κ2) is 6.44. The molecule has 3 N–H and O–H groups in total. The van der Waals surface area contributed by atoms with Gasteiger partial charge in [0.15, 0.2) is 0 Å². The zero-order chi connectivity index (χ0) is 14.5. The highest BCUT2D eigenvalue weighted by atomic mass is 35.5. The van der Waals surface area contributed by atoms with E-state index in [0.29, 0.717) is 41.1 Å². The average Bonchev–Trinajstić information content (AvgIpc) is 2.87. The Balaban J connectivity index is 2.25. The number of nitrogens with one attached hydrogen (secondary N) is 1. The Morgan fingerprint density at radius 2 is 2.00 bits per heavy atom. The largest absolute Gasteiger partial charge is 0.495 e. The first-order chi connectivity index (χ1) is 9.67. The summed E-state index contributed by atoms with van der Waals surface area (Å²) < 4.78 is 15.8. The molecule has 0 bridgehead atoms. The molecule has 0 atom stereocenters. The molecule has 1 aromatic carbocycles. The lowest BCUT2D eigenvalue weighted by Crippen LogP contribution is -2.02. The van der Waals surface area contributed by atoms with Crippen LogP contribution in [0.25, 0.3) is 0 Å². The molecule has 2 rings (SSSR count). The minimum atomic E-state index is 0.244. The minimum Gasteiger partial charge on any atom is -0.495 e. The van der Waals surface area contributed by atoms with E-state index >= 15 is 0 Å². The maximum Gasteiger partial charge on any atom is 0.320 e. The first-order valence-corrected chi connectivity index (χ1v) is 6.26. The first kappa shape index (κ1) is 14.4. The first-order valence-electron chi connectivity index (χ1n) is 5.89. The number of nitrogens with zero attached hydrogens (tertiary/aromatic N) is 2. The number of anilines is 2. The predicted molar refractivity (Wildman–Crippen MR) is 74.9 cm³/mol. The van der Waals surface area contributed by atoms with Gasteiger partial charge in [-0.1, -0.05) is 16.7 Å². The monoisotopic (exact) mass is 298 g/mol. The van der Waals surface area contributed by atoms with Crippen LogP contribution in [0.3, 0.4) is 0 Å². The van der Waals surface area contributed by atoms with Crippen molar-refractivity contribution in [3.05, 3.63) is 23.0 Å². The summed E-state index contributed by atoms with van der Waals surface area (Å²) in [6.07, 6.45) is 0.523. The Morgan fingerprint density at radius 1 is 1.25 bits per heavy atom. The van der Waals surface area contributed by atoms with Crippen molar-refractivity contribution in [2.24, 2.45) is 5.73 Å². The molecule has 0 radical (unpaired) electrons. The number of aromatic nitrogens is 2. The molecule has 108 valence electrons. The molecule has 0 aliphatic rings. The van der Waals surface area contributed by atoms with E-state index in [2.05, 4.69) is 15.5 Å². The Bertz CT molecular complexity index is 588. The van der Waals surface area contributed by atoms with Crippen molar-refractivity contribution in [2.75, 3.05) is 26.1 Å². The summed E-state index contributed by atoms with van der Waals surface area (Å²) in [7, 11) is 3.08. The molecule has 0 amide bonds. The second-order valence-corrected chi connectivity index (χ2v) is 4.26. The molecule has 2 aromatic rings. The van der Waals surface area contributed by atoms with Crippen molar-refractivity contribution in [2.45, 2.75) is 6.42 Å². The zero-order valence-electron chi connectivity index (χ0n) is 11.1. The lowest BCUT2D eigenvalue weighted by atomic mass is 10.2. The van der Waals surface area contributed by atoms with Gasteiger partial charge in [-0.25, -0.2) is 0 Å². The summed E-state index contributed by atoms with van der Waals surface area (Å²) in [5.41, 5.74) is 6.02. The standard InChI is InChI=1S/C12H15ClN4O3/c1-18-9-6-10(19-2)8(5-7(9)13)15-12-17-16-11(20-12)3-4-14/h5-6H,3-4,14H2,1-2H3,(H,15,17). The SMILES string of the molecule is COc1cc(OC)c(Nc2nnc(CCN)o2)cc1Cl. The summed E-state index contributed by atoms with van der Waals surface area (Å²) in [5, 5.41) is 11.1. The fourth-order valence-corrected chi connectivity index (χ4v) is 1.84. The smallest absolute Gasteiger partial charge is 0.320 e. The van der Waals surface area contributed by atoms with Gasteiger partial charge in [0.2, 0.25) is 5.89 Å². The van der Waals surface area contributed by atoms with Crippen LogP contribution < -0.4 is 20.5 Å². The molecule has 20 heavy (non-hydrogen) atoms. The minimum absolute atomic E-state index is 0.244. The van der Waals surface area contributed by atoms with Crippen LogP contribution in [-0.2, 0) is 6.42 Å². The Kier molecular flexibility index (Phi) is 4.65. The molecule has 0 unspecified atom stereocenters. The summed E-state index contributed by atoms with van der Waals surface area (Å²) >= 11 is 6.08. The van der Waals surface area contributed by atoms with Crippen molar-refractivity contribution in [1.29, 1.82) is 0 Å². The van der Waals surface area contributed by atoms with Crippen molar-refractivity contribution in [3.8, 4) is 11.5 Å². The van der Waals surface area contributed by atoms with E-state index < -0.39 is 0 Å². The van der Waals surface area contributed by atoms with Crippen LogP contribution in [0.15, 0.2) is 16.5 Å². The van der Waals surface area contributed by atoms with E-state index in [1.54, 1.807) is 19.2 Å². The van der Waals surface area contributed by atoms with Crippen LogP contribution in [-0.4, -0.2) is 31.0 Å². The van der Waals surface area contributed by atoms with Gasteiger partial charge >= 0.3 is 6.01 Å². The van der Waals surface area contributed by atoms with E-state index in [1.807, 2.05) is 0 Å². The summed E-state index contributed by atoms with van der Waals surface area (Å²) in [6.45, 7) is 0.444. The van der Waals surface area contributed by atoms with Gasteiger partial charge in [0.1, 0.15) is 11.5 Å². The third kappa shape index (κ3) is 3.12. The van der Waals surface area contributed by atoms with Crippen molar-refractivity contribution in [1.82, 2.24) is 10.2 Å². The lowest BCUT2D eigenvalue weighted by molar-refractivity contribution is 0.395. The predicted octanol–water partition coefficient (Wildman–Crippen LogP) is 1.98. The quantitative estimate of drug-likeness (QED) is 0.842. The zero-order valence-corrected chi connectivity index (χ0v) is 11.9. The number of rotatable bonds is 6. The maximum atomic E-state index is 6.08. The number of hydrogen-bond acceptors (Lipinski definition) is 7. The highest BCUT2D eigenvalue weighted by Crippen LogP contribution is 2.37. The molecule has 7 nitrogen and oxygen atoms in total. The fourth-order valence-electron chi connectivity index (χ4n) is 1.60. The third-order valence-corrected chi connectivity index (χ3v) is 2.84. The number of nitrogens with two attached hydrogens (primary N) is 1. The highest BCUT2D eigenvalue weighted by molar-refractivity contribution is 6.32. The van der Waals surface area contributed by atoms with Crippen LogP contribution in [0, 0.1) is 0 Å². The molecule has 0 saturated heterocycles. The number of halogens is 1. The van der Waals surface area contributed by atoms with Gasteiger partial charge in [-0.2, -0.15) is 0 Å². The molecule has 0 aliphatic carbocycles. The number of methoxy groups -OCH3 is 2. The van der Waals surface area contributed by atoms with E-state index in [9.17, 15) is 0 Å².